The van der Waals surface area contributed by atoms with Crippen LogP contribution in [-0.4, -0.2) is 80.7 Å². The Hall–Kier alpha value is -3.18. The van der Waals surface area contributed by atoms with E-state index in [0.29, 0.717) is 19.4 Å². The van der Waals surface area contributed by atoms with Crippen molar-refractivity contribution in [1.82, 2.24) is 15.5 Å². The van der Waals surface area contributed by atoms with Gasteiger partial charge in [0, 0.05) is 6.54 Å². The lowest BCUT2D eigenvalue weighted by Gasteiger charge is -2.29. The van der Waals surface area contributed by atoms with Crippen molar-refractivity contribution in [2.24, 2.45) is 11.7 Å². The second-order valence-electron chi connectivity index (χ2n) is 8.96. The number of carbonyl (C=O) groups is 4. The molecule has 1 aliphatic rings. The fourth-order valence-corrected chi connectivity index (χ4v) is 3.90. The van der Waals surface area contributed by atoms with Crippen molar-refractivity contribution in [3.63, 3.8) is 0 Å². The first-order valence-corrected chi connectivity index (χ1v) is 11.3. The van der Waals surface area contributed by atoms with Gasteiger partial charge in [-0.25, -0.2) is 4.79 Å². The molecule has 5 atom stereocenters. The van der Waals surface area contributed by atoms with E-state index in [1.165, 1.54) is 24.0 Å². The first-order chi connectivity index (χ1) is 15.9. The number of hydrogen-bond acceptors (Lipinski definition) is 7. The number of aromatic hydroxyl groups is 1. The van der Waals surface area contributed by atoms with Gasteiger partial charge in [-0.2, -0.15) is 0 Å². The molecule has 1 aliphatic heterocycles. The van der Waals surface area contributed by atoms with Crippen LogP contribution in [0.2, 0.25) is 0 Å². The molecular weight excluding hydrogens is 444 g/mol. The summed E-state index contributed by atoms with van der Waals surface area (Å²) in [6, 6.07) is 1.95. The summed E-state index contributed by atoms with van der Waals surface area (Å²) < 4.78 is 0. The van der Waals surface area contributed by atoms with Crippen molar-refractivity contribution in [1.29, 1.82) is 0 Å². The highest BCUT2D eigenvalue weighted by Crippen LogP contribution is 2.20. The zero-order chi connectivity index (χ0) is 25.6. The number of nitrogens with zero attached hydrogens (tertiary/aromatic N) is 1. The zero-order valence-corrected chi connectivity index (χ0v) is 19.6. The van der Waals surface area contributed by atoms with E-state index in [2.05, 4.69) is 10.6 Å². The normalized spacial score (nSPS) is 19.2. The number of nitrogens with one attached hydrogen (secondary N) is 2. The smallest absolute Gasteiger partial charge is 0.326 e. The summed E-state index contributed by atoms with van der Waals surface area (Å²) in [6.45, 7) is 4.87. The maximum Gasteiger partial charge on any atom is 0.326 e. The quantitative estimate of drug-likeness (QED) is 0.256. The monoisotopic (exact) mass is 478 g/mol. The zero-order valence-electron chi connectivity index (χ0n) is 19.6. The Kier molecular flexibility index (Phi) is 9.39. The molecule has 0 saturated carbocycles. The van der Waals surface area contributed by atoms with Crippen LogP contribution in [0.5, 0.6) is 5.75 Å². The molecule has 1 aromatic carbocycles. The molecule has 1 saturated heterocycles. The molecule has 0 radical (unpaired) electrons. The Bertz CT molecular complexity index is 888. The summed E-state index contributed by atoms with van der Waals surface area (Å²) in [6.07, 6.45) is -0.154. The number of aliphatic carboxylic acids is 1. The average Bonchev–Trinajstić information content (AvgIpc) is 3.25. The van der Waals surface area contributed by atoms with E-state index in [9.17, 15) is 34.5 Å². The van der Waals surface area contributed by atoms with Crippen LogP contribution in [-0.2, 0) is 25.6 Å². The number of benzene rings is 1. The number of hydrogen-bond donors (Lipinski definition) is 6. The molecule has 11 heteroatoms. The van der Waals surface area contributed by atoms with Crippen LogP contribution in [0.3, 0.4) is 0 Å². The molecule has 1 fully saturated rings. The highest BCUT2D eigenvalue weighted by molar-refractivity contribution is 5.94. The van der Waals surface area contributed by atoms with Gasteiger partial charge in [-0.05, 0) is 49.8 Å². The Morgan fingerprint density at radius 2 is 1.71 bits per heavy atom. The number of phenols is 1. The summed E-state index contributed by atoms with van der Waals surface area (Å²) in [7, 11) is 0. The van der Waals surface area contributed by atoms with Crippen LogP contribution in [0.1, 0.15) is 39.2 Å². The van der Waals surface area contributed by atoms with E-state index >= 15 is 0 Å². The summed E-state index contributed by atoms with van der Waals surface area (Å²) in [5, 5.41) is 33.6. The van der Waals surface area contributed by atoms with E-state index in [1.807, 2.05) is 0 Å². The van der Waals surface area contributed by atoms with Crippen molar-refractivity contribution < 1.29 is 34.5 Å². The minimum Gasteiger partial charge on any atom is -0.508 e. The summed E-state index contributed by atoms with van der Waals surface area (Å²) in [4.78, 5) is 51.3. The number of phenolic OH excluding ortho intramolecular Hbond substituents is 1. The standard InChI is InChI=1S/C23H34N4O7/c1-12(2)18(23(33)34)25-21(31)19(13(3)28)26-20(30)17-5-4-10-27(17)22(32)16(24)11-14-6-8-15(29)9-7-14/h6-9,12-13,16-19,28-29H,4-5,10-11,24H2,1-3H3,(H,25,31)(H,26,30)(H,33,34). The second kappa shape index (κ2) is 11.8. The van der Waals surface area contributed by atoms with Crippen molar-refractivity contribution in [2.75, 3.05) is 6.54 Å². The lowest BCUT2D eigenvalue weighted by atomic mass is 10.0. The number of carboxylic acids is 1. The van der Waals surface area contributed by atoms with Gasteiger partial charge < -0.3 is 36.6 Å². The molecule has 11 nitrogen and oxygen atoms in total. The molecule has 0 aromatic heterocycles. The SMILES string of the molecule is CC(C)C(NC(=O)C(NC(=O)C1CCCN1C(=O)C(N)Cc1ccc(O)cc1)C(C)O)C(=O)O. The number of aliphatic hydroxyl groups is 1. The molecule has 0 aliphatic carbocycles. The molecule has 188 valence electrons. The van der Waals surface area contributed by atoms with E-state index in [4.69, 9.17) is 5.73 Å². The van der Waals surface area contributed by atoms with Crippen LogP contribution in [0, 0.1) is 5.92 Å². The minimum absolute atomic E-state index is 0.0969. The number of carboxylic acid groups (broad SMARTS) is 1. The molecule has 1 heterocycles. The third-order valence-electron chi connectivity index (χ3n) is 5.84. The number of aliphatic hydroxyl groups excluding tert-OH is 1. The van der Waals surface area contributed by atoms with Crippen LogP contribution in [0.25, 0.3) is 0 Å². The summed E-state index contributed by atoms with van der Waals surface area (Å²) in [5.41, 5.74) is 6.85. The topological polar surface area (TPSA) is 182 Å². The number of rotatable bonds is 10. The number of likely N-dealkylation sites (tertiary alicyclic amines) is 1. The Labute approximate surface area is 198 Å². The van der Waals surface area contributed by atoms with Crippen molar-refractivity contribution in [3.05, 3.63) is 29.8 Å². The van der Waals surface area contributed by atoms with E-state index in [-0.39, 0.29) is 12.2 Å². The average molecular weight is 479 g/mol. The number of amides is 3. The minimum atomic E-state index is -1.39. The van der Waals surface area contributed by atoms with Gasteiger partial charge in [0.25, 0.3) is 0 Å². The van der Waals surface area contributed by atoms with Gasteiger partial charge in [0.15, 0.2) is 0 Å². The first kappa shape index (κ1) is 27.1. The third-order valence-corrected chi connectivity index (χ3v) is 5.84. The largest absolute Gasteiger partial charge is 0.508 e. The van der Waals surface area contributed by atoms with Gasteiger partial charge in [-0.3, -0.25) is 14.4 Å². The van der Waals surface area contributed by atoms with Gasteiger partial charge in [0.1, 0.15) is 23.9 Å². The van der Waals surface area contributed by atoms with Crippen molar-refractivity contribution >= 4 is 23.7 Å². The van der Waals surface area contributed by atoms with Crippen molar-refractivity contribution in [3.8, 4) is 5.75 Å². The van der Waals surface area contributed by atoms with Gasteiger partial charge in [-0.1, -0.05) is 26.0 Å². The highest BCUT2D eigenvalue weighted by atomic mass is 16.4. The molecule has 34 heavy (non-hydrogen) atoms. The fourth-order valence-electron chi connectivity index (χ4n) is 3.90. The van der Waals surface area contributed by atoms with Crippen LogP contribution in [0.15, 0.2) is 24.3 Å². The molecule has 5 unspecified atom stereocenters. The molecule has 0 spiro atoms. The van der Waals surface area contributed by atoms with Crippen LogP contribution in [0.4, 0.5) is 0 Å². The molecular formula is C23H34N4O7. The Morgan fingerprint density at radius 1 is 1.09 bits per heavy atom. The highest BCUT2D eigenvalue weighted by Gasteiger charge is 2.39. The Morgan fingerprint density at radius 3 is 2.24 bits per heavy atom. The van der Waals surface area contributed by atoms with Gasteiger partial charge in [-0.15, -0.1) is 0 Å². The second-order valence-corrected chi connectivity index (χ2v) is 8.96. The van der Waals surface area contributed by atoms with Gasteiger partial charge >= 0.3 is 5.97 Å². The number of nitrogens with two attached hydrogens (primary N) is 1. The lowest BCUT2D eigenvalue weighted by molar-refractivity contribution is -0.145. The first-order valence-electron chi connectivity index (χ1n) is 11.3. The van der Waals surface area contributed by atoms with Gasteiger partial charge in [0.05, 0.1) is 12.1 Å². The van der Waals surface area contributed by atoms with E-state index in [0.717, 1.165) is 5.56 Å². The van der Waals surface area contributed by atoms with Crippen LogP contribution >= 0.6 is 0 Å². The van der Waals surface area contributed by atoms with E-state index < -0.39 is 59.9 Å². The number of carbonyl (C=O) groups excluding carboxylic acids is 3. The molecule has 3 amide bonds. The Balaban J connectivity index is 2.06. The van der Waals surface area contributed by atoms with Crippen LogP contribution < -0.4 is 16.4 Å². The van der Waals surface area contributed by atoms with Crippen molar-refractivity contribution in [2.45, 2.75) is 70.3 Å². The maximum absolute atomic E-state index is 13.0. The summed E-state index contributed by atoms with van der Waals surface area (Å²) >= 11 is 0. The molecule has 2 rings (SSSR count). The predicted octanol–water partition coefficient (Wildman–Crippen LogP) is -0.656. The lowest BCUT2D eigenvalue weighted by Crippen LogP contribution is -2.60. The molecule has 7 N–H and O–H groups in total. The third kappa shape index (κ3) is 6.91. The summed E-state index contributed by atoms with van der Waals surface area (Å²) in [5.74, 6) is -3.42. The maximum atomic E-state index is 13.0. The van der Waals surface area contributed by atoms with Gasteiger partial charge in [0.2, 0.25) is 17.7 Å². The fraction of sp³-hybridized carbons (Fsp3) is 0.565. The predicted molar refractivity (Wildman–Crippen MR) is 123 cm³/mol. The molecule has 0 bridgehead atoms. The van der Waals surface area contributed by atoms with E-state index in [1.54, 1.807) is 26.0 Å². The molecule has 1 aromatic rings.